The van der Waals surface area contributed by atoms with E-state index in [1.54, 1.807) is 0 Å². The highest BCUT2D eigenvalue weighted by Crippen LogP contribution is 2.34. The van der Waals surface area contributed by atoms with Gasteiger partial charge < -0.3 is 16.0 Å². The van der Waals surface area contributed by atoms with Gasteiger partial charge in [-0.05, 0) is 32.1 Å². The molecule has 16 heavy (non-hydrogen) atoms. The Morgan fingerprint density at radius 3 is 2.56 bits per heavy atom. The summed E-state index contributed by atoms with van der Waals surface area (Å²) in [6, 6.07) is 1.23. The SMILES string of the molecule is CCCCNC(=O)N1C2CCC1CC(N)C2. The minimum Gasteiger partial charge on any atom is -0.338 e. The highest BCUT2D eigenvalue weighted by atomic mass is 16.2. The van der Waals surface area contributed by atoms with Crippen LogP contribution in [0.1, 0.15) is 45.4 Å². The molecule has 4 heteroatoms. The summed E-state index contributed by atoms with van der Waals surface area (Å²) in [5.41, 5.74) is 5.98. The standard InChI is InChI=1S/C12H23N3O/c1-2-3-6-14-12(16)15-10-4-5-11(15)8-9(13)7-10/h9-11H,2-8,13H2,1H3,(H,14,16). The van der Waals surface area contributed by atoms with Crippen LogP contribution in [0.25, 0.3) is 0 Å². The van der Waals surface area contributed by atoms with E-state index < -0.39 is 0 Å². The van der Waals surface area contributed by atoms with Crippen molar-refractivity contribution < 1.29 is 4.79 Å². The van der Waals surface area contributed by atoms with Gasteiger partial charge in [0.25, 0.3) is 0 Å². The number of amides is 2. The number of carbonyl (C=O) groups is 1. The largest absolute Gasteiger partial charge is 0.338 e. The summed E-state index contributed by atoms with van der Waals surface area (Å²) in [5, 5.41) is 3.02. The number of hydrogen-bond acceptors (Lipinski definition) is 2. The van der Waals surface area contributed by atoms with Crippen molar-refractivity contribution in [3.8, 4) is 0 Å². The second kappa shape index (κ2) is 5.04. The summed E-state index contributed by atoms with van der Waals surface area (Å²) in [7, 11) is 0. The first kappa shape index (κ1) is 11.7. The Bertz CT molecular complexity index is 243. The lowest BCUT2D eigenvalue weighted by Crippen LogP contribution is -2.53. The van der Waals surface area contributed by atoms with Crippen molar-refractivity contribution in [2.75, 3.05) is 6.54 Å². The maximum atomic E-state index is 12.0. The van der Waals surface area contributed by atoms with E-state index in [4.69, 9.17) is 5.73 Å². The third-order valence-corrected chi connectivity index (χ3v) is 3.81. The predicted octanol–water partition coefficient (Wildman–Crippen LogP) is 1.45. The summed E-state index contributed by atoms with van der Waals surface area (Å²) >= 11 is 0. The Balaban J connectivity index is 1.87. The number of nitrogens with zero attached hydrogens (tertiary/aromatic N) is 1. The zero-order chi connectivity index (χ0) is 11.5. The van der Waals surface area contributed by atoms with Gasteiger partial charge in [-0.25, -0.2) is 4.79 Å². The van der Waals surface area contributed by atoms with Crippen LogP contribution < -0.4 is 11.1 Å². The van der Waals surface area contributed by atoms with Crippen LogP contribution in [0, 0.1) is 0 Å². The number of fused-ring (bicyclic) bond motifs is 2. The molecule has 2 heterocycles. The van der Waals surface area contributed by atoms with Gasteiger partial charge >= 0.3 is 6.03 Å². The summed E-state index contributed by atoms with van der Waals surface area (Å²) < 4.78 is 0. The molecular weight excluding hydrogens is 202 g/mol. The molecule has 2 aliphatic heterocycles. The lowest BCUT2D eigenvalue weighted by Gasteiger charge is -2.37. The lowest BCUT2D eigenvalue weighted by atomic mass is 9.99. The topological polar surface area (TPSA) is 58.4 Å². The van der Waals surface area contributed by atoms with Gasteiger partial charge in [0.05, 0.1) is 0 Å². The van der Waals surface area contributed by atoms with Crippen LogP contribution in [0.4, 0.5) is 4.79 Å². The maximum Gasteiger partial charge on any atom is 0.317 e. The van der Waals surface area contributed by atoms with Crippen molar-refractivity contribution in [3.05, 3.63) is 0 Å². The molecule has 0 radical (unpaired) electrons. The number of hydrogen-bond donors (Lipinski definition) is 2. The molecule has 2 aliphatic rings. The Morgan fingerprint density at radius 2 is 2.00 bits per heavy atom. The fourth-order valence-corrected chi connectivity index (χ4v) is 3.01. The van der Waals surface area contributed by atoms with E-state index in [1.807, 2.05) is 0 Å². The molecule has 2 unspecified atom stereocenters. The Kier molecular flexibility index (Phi) is 3.69. The number of piperidine rings is 1. The highest BCUT2D eigenvalue weighted by Gasteiger charge is 2.41. The van der Waals surface area contributed by atoms with Crippen molar-refractivity contribution in [3.63, 3.8) is 0 Å². The third kappa shape index (κ3) is 2.32. The van der Waals surface area contributed by atoms with E-state index in [2.05, 4.69) is 17.1 Å². The molecule has 2 fully saturated rings. The zero-order valence-electron chi connectivity index (χ0n) is 10.1. The molecule has 2 bridgehead atoms. The van der Waals surface area contributed by atoms with Gasteiger partial charge in [-0.2, -0.15) is 0 Å². The Labute approximate surface area is 97.6 Å². The van der Waals surface area contributed by atoms with Gasteiger partial charge in [-0.15, -0.1) is 0 Å². The van der Waals surface area contributed by atoms with E-state index in [-0.39, 0.29) is 6.03 Å². The van der Waals surface area contributed by atoms with Gasteiger partial charge in [0, 0.05) is 24.7 Å². The number of unbranched alkanes of at least 4 members (excludes halogenated alkanes) is 1. The Morgan fingerprint density at radius 1 is 1.38 bits per heavy atom. The summed E-state index contributed by atoms with van der Waals surface area (Å²) in [4.78, 5) is 14.1. The van der Waals surface area contributed by atoms with Crippen LogP contribution in [-0.2, 0) is 0 Å². The second-order valence-corrected chi connectivity index (χ2v) is 5.11. The Hall–Kier alpha value is -0.770. The molecule has 92 valence electrons. The summed E-state index contributed by atoms with van der Waals surface area (Å²) in [5.74, 6) is 0. The molecule has 0 aromatic carbocycles. The van der Waals surface area contributed by atoms with Crippen molar-refractivity contribution in [2.45, 2.75) is 63.6 Å². The average Bonchev–Trinajstić information content (AvgIpc) is 2.52. The van der Waals surface area contributed by atoms with Gasteiger partial charge in [-0.3, -0.25) is 0 Å². The lowest BCUT2D eigenvalue weighted by molar-refractivity contribution is 0.139. The summed E-state index contributed by atoms with van der Waals surface area (Å²) in [6.07, 6.45) is 6.43. The molecular formula is C12H23N3O. The van der Waals surface area contributed by atoms with Crippen molar-refractivity contribution in [1.82, 2.24) is 10.2 Å². The molecule has 0 aromatic heterocycles. The number of rotatable bonds is 3. The third-order valence-electron chi connectivity index (χ3n) is 3.81. The zero-order valence-corrected chi connectivity index (χ0v) is 10.1. The van der Waals surface area contributed by atoms with Crippen LogP contribution in [-0.4, -0.2) is 35.6 Å². The van der Waals surface area contributed by atoms with Crippen molar-refractivity contribution in [2.24, 2.45) is 5.73 Å². The van der Waals surface area contributed by atoms with Gasteiger partial charge in [0.15, 0.2) is 0 Å². The first-order valence-electron chi connectivity index (χ1n) is 6.54. The number of carbonyl (C=O) groups excluding carboxylic acids is 1. The van der Waals surface area contributed by atoms with Crippen LogP contribution in [0.5, 0.6) is 0 Å². The first-order valence-corrected chi connectivity index (χ1v) is 6.54. The first-order chi connectivity index (χ1) is 7.72. The molecule has 2 rings (SSSR count). The summed E-state index contributed by atoms with van der Waals surface area (Å²) in [6.45, 7) is 2.94. The smallest absolute Gasteiger partial charge is 0.317 e. The van der Waals surface area contributed by atoms with Gasteiger partial charge in [0.2, 0.25) is 0 Å². The predicted molar refractivity (Wildman–Crippen MR) is 64.2 cm³/mol. The highest BCUT2D eigenvalue weighted by molar-refractivity contribution is 5.75. The minimum absolute atomic E-state index is 0.132. The van der Waals surface area contributed by atoms with Gasteiger partial charge in [-0.1, -0.05) is 13.3 Å². The van der Waals surface area contributed by atoms with Crippen LogP contribution in [0.3, 0.4) is 0 Å². The fraction of sp³-hybridized carbons (Fsp3) is 0.917. The van der Waals surface area contributed by atoms with Gasteiger partial charge in [0.1, 0.15) is 0 Å². The van der Waals surface area contributed by atoms with E-state index in [0.29, 0.717) is 18.1 Å². The fourth-order valence-electron chi connectivity index (χ4n) is 3.01. The van der Waals surface area contributed by atoms with Crippen LogP contribution in [0.2, 0.25) is 0 Å². The van der Waals surface area contributed by atoms with Crippen LogP contribution in [0.15, 0.2) is 0 Å². The second-order valence-electron chi connectivity index (χ2n) is 5.11. The average molecular weight is 225 g/mol. The maximum absolute atomic E-state index is 12.0. The minimum atomic E-state index is 0.132. The quantitative estimate of drug-likeness (QED) is 0.714. The van der Waals surface area contributed by atoms with Crippen molar-refractivity contribution >= 4 is 6.03 Å². The van der Waals surface area contributed by atoms with E-state index in [1.165, 1.54) is 0 Å². The number of nitrogens with one attached hydrogen (secondary N) is 1. The number of urea groups is 1. The van der Waals surface area contributed by atoms with E-state index in [0.717, 1.165) is 45.1 Å². The molecule has 0 aliphatic carbocycles. The monoisotopic (exact) mass is 225 g/mol. The molecule has 4 nitrogen and oxygen atoms in total. The van der Waals surface area contributed by atoms with E-state index >= 15 is 0 Å². The molecule has 2 saturated heterocycles. The molecule has 0 aromatic rings. The number of nitrogens with two attached hydrogens (primary N) is 1. The molecule has 0 saturated carbocycles. The normalized spacial score (nSPS) is 32.9. The molecule has 3 N–H and O–H groups in total. The van der Waals surface area contributed by atoms with E-state index in [9.17, 15) is 4.79 Å². The molecule has 2 amide bonds. The van der Waals surface area contributed by atoms with Crippen LogP contribution >= 0.6 is 0 Å². The van der Waals surface area contributed by atoms with Crippen molar-refractivity contribution in [1.29, 1.82) is 0 Å². The molecule has 2 atom stereocenters. The molecule has 0 spiro atoms.